The predicted molar refractivity (Wildman–Crippen MR) is 75.1 cm³/mol. The molecule has 1 saturated heterocycles. The van der Waals surface area contributed by atoms with E-state index in [0.29, 0.717) is 5.41 Å². The third-order valence-corrected chi connectivity index (χ3v) is 3.54. The van der Waals surface area contributed by atoms with Gasteiger partial charge in [-0.25, -0.2) is 4.98 Å². The van der Waals surface area contributed by atoms with E-state index in [2.05, 4.69) is 35.5 Å². The maximum atomic E-state index is 5.42. The summed E-state index contributed by atoms with van der Waals surface area (Å²) in [6.45, 7) is 8.06. The second-order valence-corrected chi connectivity index (χ2v) is 5.24. The van der Waals surface area contributed by atoms with Crippen LogP contribution in [0.5, 0.6) is 0 Å². The van der Waals surface area contributed by atoms with Crippen LogP contribution in [0.1, 0.15) is 26.7 Å². The third-order valence-electron chi connectivity index (χ3n) is 3.54. The summed E-state index contributed by atoms with van der Waals surface area (Å²) in [6, 6.07) is 4.08. The lowest BCUT2D eigenvalue weighted by molar-refractivity contribution is 0.0300. The number of hydrogen-bond donors (Lipinski definition) is 2. The molecule has 1 aromatic rings. The van der Waals surface area contributed by atoms with Gasteiger partial charge in [-0.15, -0.1) is 0 Å². The van der Waals surface area contributed by atoms with Crippen molar-refractivity contribution < 1.29 is 4.74 Å². The zero-order chi connectivity index (χ0) is 12.8. The second-order valence-electron chi connectivity index (χ2n) is 5.24. The van der Waals surface area contributed by atoms with E-state index in [-0.39, 0.29) is 0 Å². The Morgan fingerprint density at radius 3 is 2.83 bits per heavy atom. The Balaban J connectivity index is 1.90. The number of rotatable bonds is 5. The van der Waals surface area contributed by atoms with E-state index in [1.807, 2.05) is 12.3 Å². The van der Waals surface area contributed by atoms with Gasteiger partial charge in [0.2, 0.25) is 0 Å². The van der Waals surface area contributed by atoms with E-state index in [9.17, 15) is 0 Å². The number of ether oxygens (including phenoxy) is 1. The molecule has 0 spiro atoms. The van der Waals surface area contributed by atoms with Gasteiger partial charge in [-0.3, -0.25) is 0 Å². The van der Waals surface area contributed by atoms with E-state index < -0.39 is 0 Å². The Morgan fingerprint density at radius 1 is 1.33 bits per heavy atom. The van der Waals surface area contributed by atoms with E-state index in [4.69, 9.17) is 4.74 Å². The van der Waals surface area contributed by atoms with Gasteiger partial charge in [-0.05, 0) is 31.2 Å². The first kappa shape index (κ1) is 13.1. The molecule has 1 aromatic heterocycles. The average Bonchev–Trinajstić information content (AvgIpc) is 2.38. The van der Waals surface area contributed by atoms with Crippen LogP contribution in [-0.2, 0) is 4.74 Å². The molecule has 0 atom stereocenters. The highest BCUT2D eigenvalue weighted by atomic mass is 16.5. The van der Waals surface area contributed by atoms with E-state index in [0.717, 1.165) is 50.7 Å². The van der Waals surface area contributed by atoms with E-state index in [1.54, 1.807) is 0 Å². The van der Waals surface area contributed by atoms with Gasteiger partial charge in [-0.1, -0.05) is 6.92 Å². The number of aromatic nitrogens is 1. The third kappa shape index (κ3) is 3.60. The Labute approximate surface area is 109 Å². The number of nitrogens with zero attached hydrogens (tertiary/aromatic N) is 1. The van der Waals surface area contributed by atoms with Crippen LogP contribution in [0.4, 0.5) is 11.5 Å². The van der Waals surface area contributed by atoms with Gasteiger partial charge in [0.05, 0.1) is 0 Å². The summed E-state index contributed by atoms with van der Waals surface area (Å²) in [7, 11) is 0. The zero-order valence-electron chi connectivity index (χ0n) is 11.3. The molecule has 0 amide bonds. The van der Waals surface area contributed by atoms with Crippen molar-refractivity contribution in [3.63, 3.8) is 0 Å². The summed E-state index contributed by atoms with van der Waals surface area (Å²) < 4.78 is 5.42. The van der Waals surface area contributed by atoms with Crippen molar-refractivity contribution in [1.29, 1.82) is 0 Å². The molecule has 4 heteroatoms. The lowest BCUT2D eigenvalue weighted by Crippen LogP contribution is -2.33. The highest BCUT2D eigenvalue weighted by Gasteiger charge is 2.26. The molecule has 1 aliphatic rings. The fourth-order valence-electron chi connectivity index (χ4n) is 2.17. The lowest BCUT2D eigenvalue weighted by Gasteiger charge is -2.33. The largest absolute Gasteiger partial charge is 0.384 e. The minimum atomic E-state index is 0.347. The molecule has 0 aromatic carbocycles. The molecule has 1 fully saturated rings. The highest BCUT2D eigenvalue weighted by molar-refractivity contribution is 5.51. The van der Waals surface area contributed by atoms with Gasteiger partial charge >= 0.3 is 0 Å². The Bertz CT molecular complexity index is 375. The highest BCUT2D eigenvalue weighted by Crippen LogP contribution is 2.30. The normalized spacial score (nSPS) is 18.3. The molecular formula is C14H23N3O. The molecule has 0 aliphatic carbocycles. The van der Waals surface area contributed by atoms with Crippen molar-refractivity contribution in [3.05, 3.63) is 18.3 Å². The topological polar surface area (TPSA) is 46.2 Å². The summed E-state index contributed by atoms with van der Waals surface area (Å²) in [5, 5.41) is 6.74. The summed E-state index contributed by atoms with van der Waals surface area (Å²) >= 11 is 0. The van der Waals surface area contributed by atoms with Gasteiger partial charge in [-0.2, -0.15) is 0 Å². The van der Waals surface area contributed by atoms with Crippen LogP contribution in [0, 0.1) is 5.41 Å². The molecule has 18 heavy (non-hydrogen) atoms. The minimum absolute atomic E-state index is 0.347. The van der Waals surface area contributed by atoms with Gasteiger partial charge < -0.3 is 15.4 Å². The maximum absolute atomic E-state index is 5.42. The number of anilines is 2. The Kier molecular flexibility index (Phi) is 4.42. The number of pyridine rings is 1. The monoisotopic (exact) mass is 249 g/mol. The zero-order valence-corrected chi connectivity index (χ0v) is 11.3. The molecule has 100 valence electrons. The SMILES string of the molecule is CCNc1cc(NCC2(C)CCOCC2)ccn1. The van der Waals surface area contributed by atoms with Gasteiger partial charge in [0.15, 0.2) is 0 Å². The van der Waals surface area contributed by atoms with E-state index in [1.165, 1.54) is 0 Å². The first-order valence-corrected chi connectivity index (χ1v) is 6.73. The summed E-state index contributed by atoms with van der Waals surface area (Å²) in [5.41, 5.74) is 1.48. The smallest absolute Gasteiger partial charge is 0.127 e. The first-order chi connectivity index (χ1) is 8.72. The van der Waals surface area contributed by atoms with Gasteiger partial charge in [0, 0.05) is 44.3 Å². The van der Waals surface area contributed by atoms with Crippen LogP contribution in [0.2, 0.25) is 0 Å². The first-order valence-electron chi connectivity index (χ1n) is 6.73. The average molecular weight is 249 g/mol. The van der Waals surface area contributed by atoms with Crippen LogP contribution in [0.15, 0.2) is 18.3 Å². The predicted octanol–water partition coefficient (Wildman–Crippen LogP) is 2.74. The molecule has 0 radical (unpaired) electrons. The molecule has 0 unspecified atom stereocenters. The van der Waals surface area contributed by atoms with Crippen molar-refractivity contribution in [2.75, 3.05) is 36.9 Å². The standard InChI is InChI=1S/C14H23N3O/c1-3-15-13-10-12(4-7-16-13)17-11-14(2)5-8-18-9-6-14/h4,7,10H,3,5-6,8-9,11H2,1-2H3,(H2,15,16,17). The van der Waals surface area contributed by atoms with Crippen molar-refractivity contribution in [2.45, 2.75) is 26.7 Å². The fraction of sp³-hybridized carbons (Fsp3) is 0.643. The summed E-state index contributed by atoms with van der Waals surface area (Å²) in [6.07, 6.45) is 4.10. The molecule has 0 bridgehead atoms. The van der Waals surface area contributed by atoms with Crippen LogP contribution >= 0.6 is 0 Å². The van der Waals surface area contributed by atoms with Gasteiger partial charge in [0.25, 0.3) is 0 Å². The minimum Gasteiger partial charge on any atom is -0.384 e. The Hall–Kier alpha value is -1.29. The van der Waals surface area contributed by atoms with Crippen LogP contribution in [-0.4, -0.2) is 31.3 Å². The molecule has 2 rings (SSSR count). The molecular weight excluding hydrogens is 226 g/mol. The molecule has 2 heterocycles. The van der Waals surface area contributed by atoms with Gasteiger partial charge in [0.1, 0.15) is 5.82 Å². The number of nitrogens with one attached hydrogen (secondary N) is 2. The Morgan fingerprint density at radius 2 is 2.11 bits per heavy atom. The van der Waals surface area contributed by atoms with Crippen molar-refractivity contribution >= 4 is 11.5 Å². The quantitative estimate of drug-likeness (QED) is 0.842. The molecule has 2 N–H and O–H groups in total. The van der Waals surface area contributed by atoms with E-state index >= 15 is 0 Å². The lowest BCUT2D eigenvalue weighted by atomic mass is 9.82. The number of hydrogen-bond acceptors (Lipinski definition) is 4. The van der Waals surface area contributed by atoms with Crippen LogP contribution in [0.3, 0.4) is 0 Å². The molecule has 4 nitrogen and oxygen atoms in total. The van der Waals surface area contributed by atoms with Crippen LogP contribution < -0.4 is 10.6 Å². The van der Waals surface area contributed by atoms with Crippen molar-refractivity contribution in [1.82, 2.24) is 4.98 Å². The summed E-state index contributed by atoms with van der Waals surface area (Å²) in [5.74, 6) is 0.930. The fourth-order valence-corrected chi connectivity index (χ4v) is 2.17. The second kappa shape index (κ2) is 6.05. The molecule has 0 saturated carbocycles. The molecule has 1 aliphatic heterocycles. The van der Waals surface area contributed by atoms with Crippen molar-refractivity contribution in [2.24, 2.45) is 5.41 Å². The van der Waals surface area contributed by atoms with Crippen LogP contribution in [0.25, 0.3) is 0 Å². The summed E-state index contributed by atoms with van der Waals surface area (Å²) in [4.78, 5) is 4.27. The van der Waals surface area contributed by atoms with Crippen molar-refractivity contribution in [3.8, 4) is 0 Å². The maximum Gasteiger partial charge on any atom is 0.127 e.